The molecule has 2 aliphatic heterocycles. The van der Waals surface area contributed by atoms with E-state index in [1.54, 1.807) is 0 Å². The molecular formula is C14H28N2O. The number of morpholine rings is 1. The van der Waals surface area contributed by atoms with Crippen LogP contribution in [0.25, 0.3) is 0 Å². The van der Waals surface area contributed by atoms with E-state index in [0.717, 1.165) is 19.8 Å². The summed E-state index contributed by atoms with van der Waals surface area (Å²) in [4.78, 5) is 2.63. The Morgan fingerprint density at radius 2 is 2.18 bits per heavy atom. The number of hydrogen-bond acceptors (Lipinski definition) is 3. The highest BCUT2D eigenvalue weighted by atomic mass is 16.5. The van der Waals surface area contributed by atoms with Crippen molar-refractivity contribution >= 4 is 0 Å². The van der Waals surface area contributed by atoms with Crippen molar-refractivity contribution < 1.29 is 4.74 Å². The fraction of sp³-hybridized carbons (Fsp3) is 1.00. The lowest BCUT2D eigenvalue weighted by Gasteiger charge is -2.46. The van der Waals surface area contributed by atoms with Crippen molar-refractivity contribution in [3.05, 3.63) is 0 Å². The third kappa shape index (κ3) is 3.01. The first-order valence-corrected chi connectivity index (χ1v) is 7.16. The van der Waals surface area contributed by atoms with Crippen molar-refractivity contribution in [2.24, 2.45) is 0 Å². The average Bonchev–Trinajstić information content (AvgIpc) is 2.71. The van der Waals surface area contributed by atoms with Crippen LogP contribution in [-0.4, -0.2) is 48.8 Å². The highest BCUT2D eigenvalue weighted by molar-refractivity contribution is 4.98. The van der Waals surface area contributed by atoms with Crippen LogP contribution in [0.3, 0.4) is 0 Å². The Balaban J connectivity index is 2.01. The monoisotopic (exact) mass is 240 g/mol. The molecule has 0 aliphatic carbocycles. The fourth-order valence-corrected chi connectivity index (χ4v) is 3.32. The minimum absolute atomic E-state index is 0.198. The molecule has 0 aromatic carbocycles. The lowest BCUT2D eigenvalue weighted by Crippen LogP contribution is -2.60. The Kier molecular flexibility index (Phi) is 4.11. The minimum Gasteiger partial charge on any atom is -0.378 e. The van der Waals surface area contributed by atoms with Gasteiger partial charge < -0.3 is 10.1 Å². The van der Waals surface area contributed by atoms with Gasteiger partial charge in [0.2, 0.25) is 0 Å². The van der Waals surface area contributed by atoms with Gasteiger partial charge in [0, 0.05) is 24.2 Å². The highest BCUT2D eigenvalue weighted by Gasteiger charge is 2.39. The van der Waals surface area contributed by atoms with Crippen LogP contribution in [0.1, 0.15) is 46.5 Å². The summed E-state index contributed by atoms with van der Waals surface area (Å²) >= 11 is 0. The minimum atomic E-state index is 0.198. The summed E-state index contributed by atoms with van der Waals surface area (Å²) in [6.07, 6.45) is 5.26. The van der Waals surface area contributed by atoms with Gasteiger partial charge in [0.15, 0.2) is 0 Å². The number of nitrogens with zero attached hydrogens (tertiary/aromatic N) is 1. The van der Waals surface area contributed by atoms with Gasteiger partial charge in [-0.2, -0.15) is 0 Å². The van der Waals surface area contributed by atoms with E-state index in [0.29, 0.717) is 5.54 Å². The molecule has 1 unspecified atom stereocenters. The molecule has 2 aliphatic rings. The molecule has 0 aromatic rings. The molecular weight excluding hydrogens is 212 g/mol. The van der Waals surface area contributed by atoms with Crippen LogP contribution in [0.4, 0.5) is 0 Å². The Labute approximate surface area is 106 Å². The molecule has 1 N–H and O–H groups in total. The summed E-state index contributed by atoms with van der Waals surface area (Å²) in [6.45, 7) is 12.1. The SMILES string of the molecule is CCCC1(CN2CCOCC2(C)C)CCCN1. The van der Waals surface area contributed by atoms with E-state index < -0.39 is 0 Å². The molecule has 0 aromatic heterocycles. The molecule has 2 rings (SSSR count). The molecule has 3 nitrogen and oxygen atoms in total. The van der Waals surface area contributed by atoms with E-state index in [1.807, 2.05) is 0 Å². The van der Waals surface area contributed by atoms with Crippen LogP contribution < -0.4 is 5.32 Å². The molecule has 1 atom stereocenters. The summed E-state index contributed by atoms with van der Waals surface area (Å²) in [5, 5.41) is 3.77. The summed E-state index contributed by atoms with van der Waals surface area (Å²) in [6, 6.07) is 0. The van der Waals surface area contributed by atoms with Crippen LogP contribution in [0.2, 0.25) is 0 Å². The second-order valence-electron chi connectivity index (χ2n) is 6.35. The molecule has 0 amide bonds. The number of rotatable bonds is 4. The Morgan fingerprint density at radius 3 is 2.76 bits per heavy atom. The molecule has 2 saturated heterocycles. The summed E-state index contributed by atoms with van der Waals surface area (Å²) < 4.78 is 5.61. The third-order valence-electron chi connectivity index (χ3n) is 4.37. The Morgan fingerprint density at radius 1 is 1.35 bits per heavy atom. The first-order valence-electron chi connectivity index (χ1n) is 7.16. The van der Waals surface area contributed by atoms with Crippen LogP contribution in [-0.2, 0) is 4.74 Å². The predicted molar refractivity (Wildman–Crippen MR) is 71.3 cm³/mol. The molecule has 0 bridgehead atoms. The molecule has 100 valence electrons. The normalized spacial score (nSPS) is 34.1. The van der Waals surface area contributed by atoms with E-state index in [9.17, 15) is 0 Å². The standard InChI is InChI=1S/C14H28N2O/c1-4-6-14(7-5-8-15-14)11-16-9-10-17-12-13(16,2)3/h15H,4-12H2,1-3H3. The topological polar surface area (TPSA) is 24.5 Å². The van der Waals surface area contributed by atoms with Gasteiger partial charge in [-0.3, -0.25) is 4.90 Å². The summed E-state index contributed by atoms with van der Waals surface area (Å²) in [7, 11) is 0. The van der Waals surface area contributed by atoms with Gasteiger partial charge in [-0.15, -0.1) is 0 Å². The van der Waals surface area contributed by atoms with Gasteiger partial charge in [-0.25, -0.2) is 0 Å². The molecule has 3 heteroatoms. The van der Waals surface area contributed by atoms with E-state index in [4.69, 9.17) is 4.74 Å². The quantitative estimate of drug-likeness (QED) is 0.813. The van der Waals surface area contributed by atoms with Gasteiger partial charge >= 0.3 is 0 Å². The maximum Gasteiger partial charge on any atom is 0.0645 e. The van der Waals surface area contributed by atoms with Crippen LogP contribution in [0, 0.1) is 0 Å². The fourth-order valence-electron chi connectivity index (χ4n) is 3.32. The largest absolute Gasteiger partial charge is 0.378 e. The number of ether oxygens (including phenoxy) is 1. The maximum absolute atomic E-state index is 5.61. The third-order valence-corrected chi connectivity index (χ3v) is 4.37. The second-order valence-corrected chi connectivity index (χ2v) is 6.35. The van der Waals surface area contributed by atoms with Crippen molar-refractivity contribution in [2.45, 2.75) is 57.5 Å². The highest BCUT2D eigenvalue weighted by Crippen LogP contribution is 2.29. The van der Waals surface area contributed by atoms with Gasteiger partial charge in [-0.1, -0.05) is 13.3 Å². The van der Waals surface area contributed by atoms with Gasteiger partial charge in [0.1, 0.15) is 0 Å². The Bertz CT molecular complexity index is 247. The zero-order valence-electron chi connectivity index (χ0n) is 11.7. The second kappa shape index (κ2) is 5.25. The van der Waals surface area contributed by atoms with Crippen molar-refractivity contribution in [2.75, 3.05) is 32.8 Å². The Hall–Kier alpha value is -0.120. The molecule has 0 saturated carbocycles. The maximum atomic E-state index is 5.61. The van der Waals surface area contributed by atoms with E-state index >= 15 is 0 Å². The van der Waals surface area contributed by atoms with Crippen LogP contribution >= 0.6 is 0 Å². The van der Waals surface area contributed by atoms with Crippen LogP contribution in [0.5, 0.6) is 0 Å². The van der Waals surface area contributed by atoms with Crippen molar-refractivity contribution in [1.82, 2.24) is 10.2 Å². The lowest BCUT2D eigenvalue weighted by molar-refractivity contribution is -0.0617. The van der Waals surface area contributed by atoms with Crippen molar-refractivity contribution in [3.63, 3.8) is 0 Å². The summed E-state index contributed by atoms with van der Waals surface area (Å²) in [5.41, 5.74) is 0.576. The van der Waals surface area contributed by atoms with E-state index in [1.165, 1.54) is 38.8 Å². The molecule has 17 heavy (non-hydrogen) atoms. The predicted octanol–water partition coefficient (Wildman–Crippen LogP) is 2.02. The van der Waals surface area contributed by atoms with Gasteiger partial charge in [0.05, 0.1) is 13.2 Å². The van der Waals surface area contributed by atoms with Crippen molar-refractivity contribution in [1.29, 1.82) is 0 Å². The molecule has 0 radical (unpaired) electrons. The van der Waals surface area contributed by atoms with E-state index in [2.05, 4.69) is 31.0 Å². The van der Waals surface area contributed by atoms with Gasteiger partial charge in [-0.05, 0) is 39.7 Å². The zero-order valence-corrected chi connectivity index (χ0v) is 11.7. The van der Waals surface area contributed by atoms with Gasteiger partial charge in [0.25, 0.3) is 0 Å². The summed E-state index contributed by atoms with van der Waals surface area (Å²) in [5.74, 6) is 0. The number of nitrogens with one attached hydrogen (secondary N) is 1. The zero-order chi connectivity index (χ0) is 12.4. The van der Waals surface area contributed by atoms with E-state index in [-0.39, 0.29) is 5.54 Å². The first kappa shape index (κ1) is 13.3. The first-order chi connectivity index (χ1) is 8.08. The number of hydrogen-bond donors (Lipinski definition) is 1. The molecule has 0 spiro atoms. The lowest BCUT2D eigenvalue weighted by atomic mass is 9.89. The molecule has 2 heterocycles. The average molecular weight is 240 g/mol. The van der Waals surface area contributed by atoms with Crippen LogP contribution in [0.15, 0.2) is 0 Å². The molecule has 2 fully saturated rings. The smallest absolute Gasteiger partial charge is 0.0645 e. The van der Waals surface area contributed by atoms with Crippen molar-refractivity contribution in [3.8, 4) is 0 Å².